The summed E-state index contributed by atoms with van der Waals surface area (Å²) in [5.74, 6) is -0.182. The van der Waals surface area contributed by atoms with Crippen LogP contribution in [0.1, 0.15) is 39.5 Å². The summed E-state index contributed by atoms with van der Waals surface area (Å²) < 4.78 is 4.82. The Labute approximate surface area is 86.6 Å². The first-order valence-corrected chi connectivity index (χ1v) is 5.18. The molecule has 0 saturated heterocycles. The maximum atomic E-state index is 10.4. The quantitative estimate of drug-likeness (QED) is 0.355. The number of rotatable bonds is 7. The summed E-state index contributed by atoms with van der Waals surface area (Å²) in [5.41, 5.74) is 0. The standard InChI is InChI=1S/C12H20O2/c1-3-4-5-6-7-8-9-10-11-14-12(2)13/h3-6H,7-11H2,1-2H3/b4-3+,6-5-. The normalized spacial score (nSPS) is 11.3. The Morgan fingerprint density at radius 1 is 1.21 bits per heavy atom. The van der Waals surface area contributed by atoms with Gasteiger partial charge in [-0.2, -0.15) is 0 Å². The second kappa shape index (κ2) is 10.0. The van der Waals surface area contributed by atoms with Crippen molar-refractivity contribution in [1.29, 1.82) is 0 Å². The van der Waals surface area contributed by atoms with E-state index in [4.69, 9.17) is 4.74 Å². The highest BCUT2D eigenvalue weighted by molar-refractivity contribution is 5.65. The van der Waals surface area contributed by atoms with E-state index in [0.717, 1.165) is 25.7 Å². The summed E-state index contributed by atoms with van der Waals surface area (Å²) in [6.45, 7) is 4.01. The lowest BCUT2D eigenvalue weighted by Gasteiger charge is -1.99. The molecule has 0 saturated carbocycles. The van der Waals surface area contributed by atoms with Crippen LogP contribution in [-0.2, 0) is 9.53 Å². The zero-order valence-corrected chi connectivity index (χ0v) is 9.16. The largest absolute Gasteiger partial charge is 0.466 e. The minimum atomic E-state index is -0.182. The van der Waals surface area contributed by atoms with Gasteiger partial charge >= 0.3 is 5.97 Å². The number of carbonyl (C=O) groups excluding carboxylic acids is 1. The van der Waals surface area contributed by atoms with E-state index in [2.05, 4.69) is 12.2 Å². The van der Waals surface area contributed by atoms with Crippen LogP contribution in [0.5, 0.6) is 0 Å². The Morgan fingerprint density at radius 3 is 2.64 bits per heavy atom. The molecule has 0 rings (SSSR count). The maximum absolute atomic E-state index is 10.4. The third kappa shape index (κ3) is 11.0. The molecular formula is C12H20O2. The van der Waals surface area contributed by atoms with Gasteiger partial charge in [-0.3, -0.25) is 4.79 Å². The first-order chi connectivity index (χ1) is 6.77. The molecule has 0 aliphatic rings. The summed E-state index contributed by atoms with van der Waals surface area (Å²) in [6.07, 6.45) is 12.6. The molecule has 0 spiro atoms. The number of allylic oxidation sites excluding steroid dienone is 4. The highest BCUT2D eigenvalue weighted by Crippen LogP contribution is 2.01. The lowest BCUT2D eigenvalue weighted by atomic mass is 10.2. The highest BCUT2D eigenvalue weighted by Gasteiger charge is 1.91. The van der Waals surface area contributed by atoms with Crippen molar-refractivity contribution in [1.82, 2.24) is 0 Å². The number of carbonyl (C=O) groups is 1. The summed E-state index contributed by atoms with van der Waals surface area (Å²) in [4.78, 5) is 10.4. The van der Waals surface area contributed by atoms with E-state index in [1.54, 1.807) is 0 Å². The van der Waals surface area contributed by atoms with Gasteiger partial charge in [-0.05, 0) is 32.6 Å². The zero-order valence-electron chi connectivity index (χ0n) is 9.16. The van der Waals surface area contributed by atoms with Gasteiger partial charge in [0.15, 0.2) is 0 Å². The zero-order chi connectivity index (χ0) is 10.6. The summed E-state index contributed by atoms with van der Waals surface area (Å²) >= 11 is 0. The molecule has 14 heavy (non-hydrogen) atoms. The van der Waals surface area contributed by atoms with E-state index >= 15 is 0 Å². The van der Waals surface area contributed by atoms with Gasteiger partial charge in [0, 0.05) is 6.92 Å². The molecule has 0 radical (unpaired) electrons. The van der Waals surface area contributed by atoms with Gasteiger partial charge in [-0.25, -0.2) is 0 Å². The Morgan fingerprint density at radius 2 is 2.00 bits per heavy atom. The molecule has 2 heteroatoms. The highest BCUT2D eigenvalue weighted by atomic mass is 16.5. The van der Waals surface area contributed by atoms with Crippen molar-refractivity contribution in [3.63, 3.8) is 0 Å². The number of unbranched alkanes of at least 4 members (excludes halogenated alkanes) is 3. The molecular weight excluding hydrogens is 176 g/mol. The van der Waals surface area contributed by atoms with Crippen molar-refractivity contribution in [3.8, 4) is 0 Å². The lowest BCUT2D eigenvalue weighted by molar-refractivity contribution is -0.141. The van der Waals surface area contributed by atoms with Crippen LogP contribution in [0.3, 0.4) is 0 Å². The fourth-order valence-electron chi connectivity index (χ4n) is 1.04. The fourth-order valence-corrected chi connectivity index (χ4v) is 1.04. The van der Waals surface area contributed by atoms with Crippen LogP contribution >= 0.6 is 0 Å². The van der Waals surface area contributed by atoms with Crippen molar-refractivity contribution in [2.24, 2.45) is 0 Å². The van der Waals surface area contributed by atoms with Crippen LogP contribution in [0.25, 0.3) is 0 Å². The molecule has 0 N–H and O–H groups in total. The molecule has 0 aliphatic heterocycles. The van der Waals surface area contributed by atoms with Crippen LogP contribution in [0.2, 0.25) is 0 Å². The number of hydrogen-bond acceptors (Lipinski definition) is 2. The predicted molar refractivity (Wildman–Crippen MR) is 59.1 cm³/mol. The number of esters is 1. The molecule has 0 aromatic rings. The van der Waals surface area contributed by atoms with E-state index in [1.807, 2.05) is 19.1 Å². The van der Waals surface area contributed by atoms with Crippen LogP contribution in [0.15, 0.2) is 24.3 Å². The van der Waals surface area contributed by atoms with E-state index in [-0.39, 0.29) is 5.97 Å². The minimum Gasteiger partial charge on any atom is -0.466 e. The molecule has 0 aliphatic carbocycles. The Kier molecular flexibility index (Phi) is 9.28. The first-order valence-electron chi connectivity index (χ1n) is 5.18. The second-order valence-corrected chi connectivity index (χ2v) is 3.14. The molecule has 80 valence electrons. The number of hydrogen-bond donors (Lipinski definition) is 0. The first kappa shape index (κ1) is 12.9. The molecule has 2 nitrogen and oxygen atoms in total. The van der Waals surface area contributed by atoms with Crippen LogP contribution in [-0.4, -0.2) is 12.6 Å². The van der Waals surface area contributed by atoms with Gasteiger partial charge in [0.05, 0.1) is 6.61 Å². The minimum absolute atomic E-state index is 0.182. The van der Waals surface area contributed by atoms with Crippen molar-refractivity contribution in [3.05, 3.63) is 24.3 Å². The van der Waals surface area contributed by atoms with Gasteiger partial charge in [0.1, 0.15) is 0 Å². The van der Waals surface area contributed by atoms with Crippen molar-refractivity contribution < 1.29 is 9.53 Å². The van der Waals surface area contributed by atoms with E-state index in [9.17, 15) is 4.79 Å². The lowest BCUT2D eigenvalue weighted by Crippen LogP contribution is -1.99. The average Bonchev–Trinajstić information content (AvgIpc) is 2.15. The Bertz CT molecular complexity index is 192. The van der Waals surface area contributed by atoms with Crippen LogP contribution in [0.4, 0.5) is 0 Å². The molecule has 0 aromatic heterocycles. The molecule has 0 aromatic carbocycles. The van der Waals surface area contributed by atoms with Crippen molar-refractivity contribution >= 4 is 5.97 Å². The van der Waals surface area contributed by atoms with Gasteiger partial charge in [-0.1, -0.05) is 24.3 Å². The summed E-state index contributed by atoms with van der Waals surface area (Å²) in [6, 6.07) is 0. The van der Waals surface area contributed by atoms with Crippen molar-refractivity contribution in [2.45, 2.75) is 39.5 Å². The van der Waals surface area contributed by atoms with E-state index in [1.165, 1.54) is 6.92 Å². The average molecular weight is 196 g/mol. The monoisotopic (exact) mass is 196 g/mol. The van der Waals surface area contributed by atoms with E-state index < -0.39 is 0 Å². The molecule has 0 unspecified atom stereocenters. The fraction of sp³-hybridized carbons (Fsp3) is 0.583. The number of ether oxygens (including phenoxy) is 1. The second-order valence-electron chi connectivity index (χ2n) is 3.14. The van der Waals surface area contributed by atoms with E-state index in [0.29, 0.717) is 6.61 Å². The van der Waals surface area contributed by atoms with Gasteiger partial charge in [0.25, 0.3) is 0 Å². The third-order valence-corrected chi connectivity index (χ3v) is 1.76. The predicted octanol–water partition coefficient (Wildman–Crippen LogP) is 3.24. The SMILES string of the molecule is C/C=C/C=C\CCCCCOC(C)=O. The topological polar surface area (TPSA) is 26.3 Å². The van der Waals surface area contributed by atoms with Crippen molar-refractivity contribution in [2.75, 3.05) is 6.61 Å². The summed E-state index contributed by atoms with van der Waals surface area (Å²) in [5, 5.41) is 0. The molecule has 0 heterocycles. The Hall–Kier alpha value is -1.05. The molecule has 0 amide bonds. The Balaban J connectivity index is 3.10. The smallest absolute Gasteiger partial charge is 0.302 e. The molecule has 0 fully saturated rings. The van der Waals surface area contributed by atoms with Gasteiger partial charge in [-0.15, -0.1) is 0 Å². The summed E-state index contributed by atoms with van der Waals surface area (Å²) in [7, 11) is 0. The van der Waals surface area contributed by atoms with Gasteiger partial charge < -0.3 is 4.74 Å². The van der Waals surface area contributed by atoms with Gasteiger partial charge in [0.2, 0.25) is 0 Å². The molecule has 0 bridgehead atoms. The molecule has 0 atom stereocenters. The van der Waals surface area contributed by atoms with Crippen LogP contribution in [0, 0.1) is 0 Å². The maximum Gasteiger partial charge on any atom is 0.302 e. The third-order valence-electron chi connectivity index (χ3n) is 1.76. The van der Waals surface area contributed by atoms with Crippen LogP contribution < -0.4 is 0 Å².